The monoisotopic (exact) mass is 418 g/mol. The van der Waals surface area contributed by atoms with Crippen LogP contribution in [0.2, 0.25) is 0 Å². The van der Waals surface area contributed by atoms with Gasteiger partial charge in [-0.25, -0.2) is 4.68 Å². The fraction of sp³-hybridized carbons (Fsp3) is 0.263. The van der Waals surface area contributed by atoms with Gasteiger partial charge in [-0.1, -0.05) is 0 Å². The maximum absolute atomic E-state index is 12.7. The molecule has 156 valence electrons. The number of rotatable bonds is 4. The Balaban J connectivity index is 1.42. The smallest absolute Gasteiger partial charge is 0.340 e. The third-order valence-corrected chi connectivity index (χ3v) is 4.79. The molecule has 0 aliphatic carbocycles. The molecule has 1 unspecified atom stereocenters. The third-order valence-electron chi connectivity index (χ3n) is 4.79. The Hall–Kier alpha value is -3.63. The Bertz CT molecular complexity index is 1090. The summed E-state index contributed by atoms with van der Waals surface area (Å²) < 4.78 is 40.7. The molecule has 1 aliphatic rings. The molecule has 2 aromatic heterocycles. The molecule has 0 spiro atoms. The minimum atomic E-state index is -4.53. The van der Waals surface area contributed by atoms with Crippen molar-refractivity contribution in [3.8, 4) is 5.69 Å². The molecule has 8 nitrogen and oxygen atoms in total. The number of hydrogen-bond donors (Lipinski definition) is 1. The SMILES string of the molecule is Cn1cc(N2CCC(NC(=O)c3ccc(-n4ccc(C(F)(F)F)n4)cc3)C2=O)cn1. The molecule has 0 radical (unpaired) electrons. The van der Waals surface area contributed by atoms with Crippen LogP contribution in [0.4, 0.5) is 18.9 Å². The van der Waals surface area contributed by atoms with Crippen LogP contribution in [-0.4, -0.2) is 44.0 Å². The summed E-state index contributed by atoms with van der Waals surface area (Å²) in [6.07, 6.45) is 0.441. The number of carbonyl (C=O) groups is 2. The van der Waals surface area contributed by atoms with Crippen molar-refractivity contribution < 1.29 is 22.8 Å². The molecule has 1 atom stereocenters. The van der Waals surface area contributed by atoms with Crippen LogP contribution >= 0.6 is 0 Å². The second-order valence-corrected chi connectivity index (χ2v) is 6.87. The molecule has 2 amide bonds. The predicted octanol–water partition coefficient (Wildman–Crippen LogP) is 2.16. The van der Waals surface area contributed by atoms with Crippen molar-refractivity contribution >= 4 is 17.5 Å². The van der Waals surface area contributed by atoms with E-state index in [0.29, 0.717) is 24.3 Å². The maximum Gasteiger partial charge on any atom is 0.435 e. The van der Waals surface area contributed by atoms with E-state index in [1.807, 2.05) is 0 Å². The Kier molecular flexibility index (Phi) is 4.80. The fourth-order valence-corrected chi connectivity index (χ4v) is 3.24. The number of nitrogens with one attached hydrogen (secondary N) is 1. The van der Waals surface area contributed by atoms with Crippen LogP contribution < -0.4 is 10.2 Å². The van der Waals surface area contributed by atoms with Gasteiger partial charge in [0.25, 0.3) is 5.91 Å². The minimum Gasteiger partial charge on any atom is -0.340 e. The van der Waals surface area contributed by atoms with Gasteiger partial charge in [-0.05, 0) is 36.8 Å². The number of aryl methyl sites for hydroxylation is 1. The van der Waals surface area contributed by atoms with E-state index in [0.717, 1.165) is 10.7 Å². The lowest BCUT2D eigenvalue weighted by atomic mass is 10.1. The molecule has 30 heavy (non-hydrogen) atoms. The minimum absolute atomic E-state index is 0.218. The van der Waals surface area contributed by atoms with Crippen molar-refractivity contribution in [1.82, 2.24) is 24.9 Å². The molecule has 11 heteroatoms. The van der Waals surface area contributed by atoms with Gasteiger partial charge in [-0.3, -0.25) is 14.3 Å². The molecule has 0 bridgehead atoms. The average molecular weight is 418 g/mol. The van der Waals surface area contributed by atoms with Crippen molar-refractivity contribution in [3.63, 3.8) is 0 Å². The van der Waals surface area contributed by atoms with Gasteiger partial charge >= 0.3 is 6.18 Å². The second kappa shape index (κ2) is 7.32. The van der Waals surface area contributed by atoms with Crippen LogP contribution in [0.3, 0.4) is 0 Å². The summed E-state index contributed by atoms with van der Waals surface area (Å²) in [5.74, 6) is -0.659. The Morgan fingerprint density at radius 3 is 2.50 bits per heavy atom. The Labute approximate surface area is 168 Å². The second-order valence-electron chi connectivity index (χ2n) is 6.87. The summed E-state index contributed by atoms with van der Waals surface area (Å²) in [7, 11) is 1.75. The highest BCUT2D eigenvalue weighted by Crippen LogP contribution is 2.28. The lowest BCUT2D eigenvalue weighted by Crippen LogP contribution is -2.41. The predicted molar refractivity (Wildman–Crippen MR) is 100.0 cm³/mol. The van der Waals surface area contributed by atoms with Crippen molar-refractivity contribution in [1.29, 1.82) is 0 Å². The quantitative estimate of drug-likeness (QED) is 0.704. The van der Waals surface area contributed by atoms with Gasteiger partial charge in [0.05, 0.1) is 17.6 Å². The van der Waals surface area contributed by atoms with Gasteiger partial charge in [0.1, 0.15) is 6.04 Å². The molecule has 1 saturated heterocycles. The molecule has 1 aromatic carbocycles. The van der Waals surface area contributed by atoms with Crippen LogP contribution in [0.25, 0.3) is 5.69 Å². The van der Waals surface area contributed by atoms with Gasteiger partial charge in [0, 0.05) is 31.5 Å². The third kappa shape index (κ3) is 3.78. The first-order valence-electron chi connectivity index (χ1n) is 9.06. The number of carbonyl (C=O) groups excluding carboxylic acids is 2. The summed E-state index contributed by atoms with van der Waals surface area (Å²) >= 11 is 0. The highest BCUT2D eigenvalue weighted by atomic mass is 19.4. The molecule has 1 N–H and O–H groups in total. The fourth-order valence-electron chi connectivity index (χ4n) is 3.24. The number of benzene rings is 1. The first kappa shape index (κ1) is 19.7. The summed E-state index contributed by atoms with van der Waals surface area (Å²) in [6, 6.07) is 6.13. The van der Waals surface area contributed by atoms with E-state index in [1.54, 1.807) is 29.0 Å². The highest BCUT2D eigenvalue weighted by molar-refractivity contribution is 6.03. The van der Waals surface area contributed by atoms with E-state index < -0.39 is 23.8 Å². The lowest BCUT2D eigenvalue weighted by Gasteiger charge is -2.15. The molecule has 3 heterocycles. The van der Waals surface area contributed by atoms with Gasteiger partial charge in [-0.2, -0.15) is 23.4 Å². The Morgan fingerprint density at radius 1 is 1.17 bits per heavy atom. The van der Waals surface area contributed by atoms with E-state index in [2.05, 4.69) is 15.5 Å². The first-order chi connectivity index (χ1) is 14.2. The topological polar surface area (TPSA) is 85.0 Å². The molecule has 0 saturated carbocycles. The number of halogens is 3. The van der Waals surface area contributed by atoms with Crippen LogP contribution in [0.5, 0.6) is 0 Å². The Morgan fingerprint density at radius 2 is 1.90 bits per heavy atom. The van der Waals surface area contributed by atoms with Gasteiger partial charge < -0.3 is 10.2 Å². The van der Waals surface area contributed by atoms with E-state index in [4.69, 9.17) is 0 Å². The largest absolute Gasteiger partial charge is 0.435 e. The number of anilines is 1. The van der Waals surface area contributed by atoms with Crippen molar-refractivity contribution in [2.24, 2.45) is 7.05 Å². The number of hydrogen-bond acceptors (Lipinski definition) is 4. The zero-order valence-electron chi connectivity index (χ0n) is 15.8. The molecular formula is C19H17F3N6O2. The summed E-state index contributed by atoms with van der Waals surface area (Å²) in [6.45, 7) is 0.468. The first-order valence-corrected chi connectivity index (χ1v) is 9.06. The maximum atomic E-state index is 12.7. The summed E-state index contributed by atoms with van der Waals surface area (Å²) in [4.78, 5) is 26.6. The lowest BCUT2D eigenvalue weighted by molar-refractivity contribution is -0.141. The van der Waals surface area contributed by atoms with Crippen LogP contribution in [0, 0.1) is 0 Å². The molecule has 3 aromatic rings. The number of alkyl halides is 3. The van der Waals surface area contributed by atoms with E-state index in [1.165, 1.54) is 30.5 Å². The molecule has 1 aliphatic heterocycles. The van der Waals surface area contributed by atoms with Gasteiger partial charge in [0.2, 0.25) is 5.91 Å². The van der Waals surface area contributed by atoms with Crippen molar-refractivity contribution in [2.75, 3.05) is 11.4 Å². The van der Waals surface area contributed by atoms with Crippen molar-refractivity contribution in [3.05, 3.63) is 60.2 Å². The highest BCUT2D eigenvalue weighted by Gasteiger charge is 2.35. The summed E-state index contributed by atoms with van der Waals surface area (Å²) in [5, 5.41) is 10.2. The summed E-state index contributed by atoms with van der Waals surface area (Å²) in [5.41, 5.74) is 0.333. The number of nitrogens with zero attached hydrogens (tertiary/aromatic N) is 5. The molecular weight excluding hydrogens is 401 g/mol. The standard InChI is InChI=1S/C19H17F3N6O2/c1-26-11-14(10-23-26)27-8-6-15(18(27)30)24-17(29)12-2-4-13(5-3-12)28-9-7-16(25-28)19(20,21)22/h2-5,7,9-11,15H,6,8H2,1H3,(H,24,29). The van der Waals surface area contributed by atoms with Crippen LogP contribution in [-0.2, 0) is 18.0 Å². The molecule has 1 fully saturated rings. The van der Waals surface area contributed by atoms with E-state index >= 15 is 0 Å². The normalized spacial score (nSPS) is 16.9. The van der Waals surface area contributed by atoms with E-state index in [9.17, 15) is 22.8 Å². The van der Waals surface area contributed by atoms with E-state index in [-0.39, 0.29) is 11.5 Å². The zero-order chi connectivity index (χ0) is 21.5. The van der Waals surface area contributed by atoms with Crippen LogP contribution in [0.1, 0.15) is 22.5 Å². The van der Waals surface area contributed by atoms with Gasteiger partial charge in [0.15, 0.2) is 5.69 Å². The van der Waals surface area contributed by atoms with Gasteiger partial charge in [-0.15, -0.1) is 0 Å². The number of aromatic nitrogens is 4. The average Bonchev–Trinajstić information content (AvgIpc) is 3.43. The molecule has 4 rings (SSSR count). The van der Waals surface area contributed by atoms with Crippen LogP contribution in [0.15, 0.2) is 48.9 Å². The number of amides is 2. The zero-order valence-corrected chi connectivity index (χ0v) is 15.8. The van der Waals surface area contributed by atoms with Crippen molar-refractivity contribution in [2.45, 2.75) is 18.6 Å².